The molecule has 2 heterocycles. The number of nitrogens with one attached hydrogen (secondary N) is 1. The summed E-state index contributed by atoms with van der Waals surface area (Å²) in [7, 11) is 0. The number of fused-ring (bicyclic) bond motifs is 1. The van der Waals surface area contributed by atoms with Gasteiger partial charge in [0.15, 0.2) is 6.61 Å². The number of para-hydroxylation sites is 2. The Morgan fingerprint density at radius 2 is 1.85 bits per heavy atom. The number of aryl methyl sites for hydroxylation is 3. The van der Waals surface area contributed by atoms with E-state index in [-0.39, 0.29) is 18.4 Å². The molecule has 1 N–H and O–H groups in total. The molecule has 7 nitrogen and oxygen atoms in total. The van der Waals surface area contributed by atoms with Crippen LogP contribution in [0.3, 0.4) is 0 Å². The first kappa shape index (κ1) is 23.8. The average molecular weight is 463 g/mol. The second kappa shape index (κ2) is 11.2. The van der Waals surface area contributed by atoms with Crippen LogP contribution in [0.4, 0.5) is 0 Å². The highest BCUT2D eigenvalue weighted by Gasteiger charge is 2.19. The van der Waals surface area contributed by atoms with Crippen LogP contribution in [-0.4, -0.2) is 52.5 Å². The molecule has 180 valence electrons. The lowest BCUT2D eigenvalue weighted by Crippen LogP contribution is -2.38. The number of ether oxygens (including phenoxy) is 1. The van der Waals surface area contributed by atoms with E-state index < -0.39 is 0 Å². The molecule has 34 heavy (non-hydrogen) atoms. The van der Waals surface area contributed by atoms with Crippen LogP contribution >= 0.6 is 0 Å². The number of amides is 2. The van der Waals surface area contributed by atoms with E-state index in [1.54, 1.807) is 0 Å². The number of piperidine rings is 1. The minimum atomic E-state index is -0.144. The van der Waals surface area contributed by atoms with Crippen molar-refractivity contribution < 1.29 is 14.3 Å². The van der Waals surface area contributed by atoms with Crippen LogP contribution in [-0.2, 0) is 22.6 Å². The van der Waals surface area contributed by atoms with Gasteiger partial charge in [0.25, 0.3) is 5.91 Å². The van der Waals surface area contributed by atoms with Crippen molar-refractivity contribution in [2.45, 2.75) is 52.5 Å². The van der Waals surface area contributed by atoms with Gasteiger partial charge in [0.1, 0.15) is 18.1 Å². The molecule has 3 aromatic rings. The number of hydrogen-bond donors (Lipinski definition) is 1. The highest BCUT2D eigenvalue weighted by Crippen LogP contribution is 2.20. The standard InChI is InChI=1S/C27H34N4O3/c1-20-12-13-21(2)24(17-20)34-19-26(32)28-14-8-11-25-29-22-9-4-5-10-23(22)31(25)18-27(33)30-15-6-3-7-16-30/h4-5,9-10,12-13,17H,3,6-8,11,14-16,18-19H2,1-2H3,(H,28,32). The van der Waals surface area contributed by atoms with Crippen LogP contribution in [0.15, 0.2) is 42.5 Å². The third kappa shape index (κ3) is 5.95. The van der Waals surface area contributed by atoms with Crippen molar-refractivity contribution in [1.82, 2.24) is 19.8 Å². The molecule has 0 spiro atoms. The molecular formula is C27H34N4O3. The zero-order valence-electron chi connectivity index (χ0n) is 20.2. The fraction of sp³-hybridized carbons (Fsp3) is 0.444. The first-order valence-corrected chi connectivity index (χ1v) is 12.2. The third-order valence-corrected chi connectivity index (χ3v) is 6.34. The summed E-state index contributed by atoms with van der Waals surface area (Å²) in [6, 6.07) is 13.9. The Morgan fingerprint density at radius 1 is 1.06 bits per heavy atom. The van der Waals surface area contributed by atoms with Gasteiger partial charge in [-0.05, 0) is 68.9 Å². The molecule has 4 rings (SSSR count). The number of aromatic nitrogens is 2. The minimum Gasteiger partial charge on any atom is -0.483 e. The van der Waals surface area contributed by atoms with Crippen LogP contribution in [0.1, 0.15) is 42.6 Å². The van der Waals surface area contributed by atoms with Gasteiger partial charge in [0, 0.05) is 26.1 Å². The molecule has 7 heteroatoms. The van der Waals surface area contributed by atoms with Crippen molar-refractivity contribution in [3.8, 4) is 5.75 Å². The topological polar surface area (TPSA) is 76.5 Å². The van der Waals surface area contributed by atoms with Gasteiger partial charge in [-0.15, -0.1) is 0 Å². The maximum absolute atomic E-state index is 12.9. The zero-order chi connectivity index (χ0) is 23.9. The van der Waals surface area contributed by atoms with E-state index in [4.69, 9.17) is 9.72 Å². The van der Waals surface area contributed by atoms with Gasteiger partial charge in [0.05, 0.1) is 11.0 Å². The molecule has 1 saturated heterocycles. The minimum absolute atomic E-state index is 0.00680. The molecular weight excluding hydrogens is 428 g/mol. The molecule has 0 saturated carbocycles. The van der Waals surface area contributed by atoms with E-state index in [1.807, 2.05) is 65.8 Å². The smallest absolute Gasteiger partial charge is 0.257 e. The Morgan fingerprint density at radius 3 is 2.68 bits per heavy atom. The summed E-state index contributed by atoms with van der Waals surface area (Å²) >= 11 is 0. The first-order chi connectivity index (χ1) is 16.5. The number of likely N-dealkylation sites (tertiary alicyclic amines) is 1. The largest absolute Gasteiger partial charge is 0.483 e. The van der Waals surface area contributed by atoms with Crippen molar-refractivity contribution in [1.29, 1.82) is 0 Å². The lowest BCUT2D eigenvalue weighted by molar-refractivity contribution is -0.132. The van der Waals surface area contributed by atoms with Gasteiger partial charge < -0.3 is 19.5 Å². The summed E-state index contributed by atoms with van der Waals surface area (Å²) in [6.07, 6.45) is 4.77. The quantitative estimate of drug-likeness (QED) is 0.491. The SMILES string of the molecule is Cc1ccc(C)c(OCC(=O)NCCCc2nc3ccccc3n2CC(=O)N2CCCCC2)c1. The average Bonchev–Trinajstić information content (AvgIpc) is 3.20. The van der Waals surface area contributed by atoms with Crippen LogP contribution < -0.4 is 10.1 Å². The van der Waals surface area contributed by atoms with Crippen LogP contribution in [0.25, 0.3) is 11.0 Å². The summed E-state index contributed by atoms with van der Waals surface area (Å²) in [5.41, 5.74) is 3.99. The van der Waals surface area contributed by atoms with Crippen LogP contribution in [0.5, 0.6) is 5.75 Å². The summed E-state index contributed by atoms with van der Waals surface area (Å²) in [5.74, 6) is 1.63. The fourth-order valence-electron chi connectivity index (χ4n) is 4.40. The van der Waals surface area contributed by atoms with Gasteiger partial charge in [-0.2, -0.15) is 0 Å². The van der Waals surface area contributed by atoms with E-state index in [9.17, 15) is 9.59 Å². The normalized spacial score (nSPS) is 13.8. The van der Waals surface area contributed by atoms with Crippen LogP contribution in [0.2, 0.25) is 0 Å². The molecule has 2 aromatic carbocycles. The Hall–Kier alpha value is -3.35. The summed E-state index contributed by atoms with van der Waals surface area (Å²) in [4.78, 5) is 31.9. The number of rotatable bonds is 9. The summed E-state index contributed by atoms with van der Waals surface area (Å²) in [6.45, 7) is 6.49. The Balaban J connectivity index is 1.31. The molecule has 0 radical (unpaired) electrons. The molecule has 1 aliphatic heterocycles. The highest BCUT2D eigenvalue weighted by molar-refractivity contribution is 5.81. The monoisotopic (exact) mass is 462 g/mol. The van der Waals surface area contributed by atoms with Crippen molar-refractivity contribution in [2.24, 2.45) is 0 Å². The molecule has 1 fully saturated rings. The Labute approximate surface area is 201 Å². The number of hydrogen-bond acceptors (Lipinski definition) is 4. The number of benzene rings is 2. The third-order valence-electron chi connectivity index (χ3n) is 6.34. The molecule has 0 atom stereocenters. The second-order valence-corrected chi connectivity index (χ2v) is 9.06. The van der Waals surface area contributed by atoms with Gasteiger partial charge in [-0.1, -0.05) is 24.3 Å². The molecule has 2 amide bonds. The van der Waals surface area contributed by atoms with Crippen LogP contribution in [0, 0.1) is 13.8 Å². The predicted molar refractivity (Wildman–Crippen MR) is 133 cm³/mol. The van der Waals surface area contributed by atoms with Gasteiger partial charge in [0.2, 0.25) is 5.91 Å². The number of carbonyl (C=O) groups is 2. The van der Waals surface area contributed by atoms with Crippen molar-refractivity contribution in [2.75, 3.05) is 26.2 Å². The fourth-order valence-corrected chi connectivity index (χ4v) is 4.40. The van der Waals surface area contributed by atoms with Crippen molar-refractivity contribution >= 4 is 22.8 Å². The molecule has 0 bridgehead atoms. The predicted octanol–water partition coefficient (Wildman–Crippen LogP) is 3.79. The van der Waals surface area contributed by atoms with E-state index in [1.165, 1.54) is 6.42 Å². The lowest BCUT2D eigenvalue weighted by atomic mass is 10.1. The maximum atomic E-state index is 12.9. The van der Waals surface area contributed by atoms with E-state index >= 15 is 0 Å². The second-order valence-electron chi connectivity index (χ2n) is 9.06. The summed E-state index contributed by atoms with van der Waals surface area (Å²) in [5, 5.41) is 2.93. The molecule has 0 unspecified atom stereocenters. The van der Waals surface area contributed by atoms with Gasteiger partial charge in [-0.3, -0.25) is 9.59 Å². The van der Waals surface area contributed by atoms with E-state index in [0.29, 0.717) is 19.5 Å². The zero-order valence-corrected chi connectivity index (χ0v) is 20.2. The van der Waals surface area contributed by atoms with Crippen molar-refractivity contribution in [3.05, 3.63) is 59.4 Å². The number of nitrogens with zero attached hydrogens (tertiary/aromatic N) is 3. The number of carbonyl (C=O) groups excluding carboxylic acids is 2. The maximum Gasteiger partial charge on any atom is 0.257 e. The van der Waals surface area contributed by atoms with E-state index in [0.717, 1.165) is 66.1 Å². The van der Waals surface area contributed by atoms with E-state index in [2.05, 4.69) is 5.32 Å². The molecule has 1 aromatic heterocycles. The highest BCUT2D eigenvalue weighted by atomic mass is 16.5. The molecule has 1 aliphatic rings. The lowest BCUT2D eigenvalue weighted by Gasteiger charge is -2.27. The van der Waals surface area contributed by atoms with Gasteiger partial charge >= 0.3 is 0 Å². The number of imidazole rings is 1. The Kier molecular flexibility index (Phi) is 7.83. The summed E-state index contributed by atoms with van der Waals surface area (Å²) < 4.78 is 7.72. The first-order valence-electron chi connectivity index (χ1n) is 12.2. The Bertz CT molecular complexity index is 1150. The molecule has 0 aliphatic carbocycles. The van der Waals surface area contributed by atoms with Gasteiger partial charge in [-0.25, -0.2) is 4.98 Å². The van der Waals surface area contributed by atoms with Crippen molar-refractivity contribution in [3.63, 3.8) is 0 Å².